The first kappa shape index (κ1) is 8.58. The molecule has 3 nitrogen and oxygen atoms in total. The molecule has 60 valence electrons. The van der Waals surface area contributed by atoms with Crippen LogP contribution < -0.4 is 0 Å². The number of rotatable bonds is 1. The van der Waals surface area contributed by atoms with Crippen LogP contribution in [0.3, 0.4) is 0 Å². The molecule has 1 rings (SSSR count). The van der Waals surface area contributed by atoms with E-state index in [2.05, 4.69) is 12.6 Å². The summed E-state index contributed by atoms with van der Waals surface area (Å²) in [4.78, 5) is 0.366. The molecule has 0 radical (unpaired) electrons. The Morgan fingerprint density at radius 3 is 2.36 bits per heavy atom. The second-order valence-corrected chi connectivity index (χ2v) is 3.91. The Balaban J connectivity index is 3.28. The van der Waals surface area contributed by atoms with Crippen LogP contribution in [0.1, 0.15) is 0 Å². The van der Waals surface area contributed by atoms with E-state index < -0.39 is 10.1 Å². The molecule has 0 bridgehead atoms. The fraction of sp³-hybridized carbons (Fsp3) is 0. The van der Waals surface area contributed by atoms with Gasteiger partial charge in [0.25, 0.3) is 10.1 Å². The van der Waals surface area contributed by atoms with E-state index in [0.717, 1.165) is 0 Å². The molecular formula is C6H6O3S2. The number of hydrogen-bond donors (Lipinski definition) is 2. The fourth-order valence-electron chi connectivity index (χ4n) is 0.644. The van der Waals surface area contributed by atoms with Crippen LogP contribution >= 0.6 is 12.6 Å². The summed E-state index contributed by atoms with van der Waals surface area (Å²) in [5.41, 5.74) is 0. The summed E-state index contributed by atoms with van der Waals surface area (Å²) in [5.74, 6) is 0. The van der Waals surface area contributed by atoms with E-state index in [4.69, 9.17) is 4.55 Å². The molecule has 0 amide bonds. The van der Waals surface area contributed by atoms with Crippen molar-refractivity contribution >= 4 is 22.7 Å². The summed E-state index contributed by atoms with van der Waals surface area (Å²) in [6.07, 6.45) is 0. The average molecular weight is 190 g/mol. The highest BCUT2D eigenvalue weighted by molar-refractivity contribution is 7.86. The van der Waals surface area contributed by atoms with Crippen LogP contribution in [-0.4, -0.2) is 13.0 Å². The molecule has 1 aromatic carbocycles. The third-order valence-electron chi connectivity index (χ3n) is 1.12. The van der Waals surface area contributed by atoms with Crippen LogP contribution in [-0.2, 0) is 10.1 Å². The Kier molecular flexibility index (Phi) is 2.22. The molecule has 0 saturated heterocycles. The van der Waals surface area contributed by atoms with Crippen molar-refractivity contribution in [3.63, 3.8) is 0 Å². The number of benzene rings is 1. The smallest absolute Gasteiger partial charge is 0.282 e. The molecule has 0 atom stereocenters. The van der Waals surface area contributed by atoms with E-state index in [9.17, 15) is 8.42 Å². The van der Waals surface area contributed by atoms with E-state index in [-0.39, 0.29) is 4.90 Å². The molecule has 0 heterocycles. The zero-order chi connectivity index (χ0) is 8.48. The Bertz CT molecular complexity index is 356. The maximum Gasteiger partial charge on any atom is 0.294 e. The lowest BCUT2D eigenvalue weighted by atomic mass is 10.4. The Hall–Kier alpha value is -0.520. The maximum atomic E-state index is 10.5. The van der Waals surface area contributed by atoms with Gasteiger partial charge in [-0.25, -0.2) is 0 Å². The van der Waals surface area contributed by atoms with E-state index in [1.165, 1.54) is 18.2 Å². The summed E-state index contributed by atoms with van der Waals surface area (Å²) in [6.45, 7) is 0. The van der Waals surface area contributed by atoms with Gasteiger partial charge in [-0.15, -0.1) is 12.6 Å². The molecule has 0 aromatic heterocycles. The molecule has 0 aliphatic heterocycles. The monoisotopic (exact) mass is 190 g/mol. The molecule has 0 unspecified atom stereocenters. The summed E-state index contributed by atoms with van der Waals surface area (Å²) >= 11 is 3.91. The first-order valence-electron chi connectivity index (χ1n) is 2.77. The lowest BCUT2D eigenvalue weighted by Crippen LogP contribution is -1.96. The van der Waals surface area contributed by atoms with E-state index in [0.29, 0.717) is 4.90 Å². The molecule has 5 heteroatoms. The van der Waals surface area contributed by atoms with Crippen molar-refractivity contribution in [2.75, 3.05) is 0 Å². The maximum absolute atomic E-state index is 10.5. The predicted octanol–water partition coefficient (Wildman–Crippen LogP) is 1.22. The first-order valence-corrected chi connectivity index (χ1v) is 4.65. The van der Waals surface area contributed by atoms with Gasteiger partial charge in [0.2, 0.25) is 0 Å². The van der Waals surface area contributed by atoms with E-state index in [1.807, 2.05) is 0 Å². The predicted molar refractivity (Wildman–Crippen MR) is 43.5 cm³/mol. The van der Waals surface area contributed by atoms with Crippen molar-refractivity contribution in [3.05, 3.63) is 24.3 Å². The zero-order valence-corrected chi connectivity index (χ0v) is 7.14. The molecule has 0 saturated carbocycles. The van der Waals surface area contributed by atoms with Gasteiger partial charge in [0, 0.05) is 4.90 Å². The van der Waals surface area contributed by atoms with Crippen LogP contribution in [0.15, 0.2) is 34.1 Å². The highest BCUT2D eigenvalue weighted by atomic mass is 32.2. The van der Waals surface area contributed by atoms with Gasteiger partial charge in [0.1, 0.15) is 0 Å². The molecule has 1 N–H and O–H groups in total. The number of thiol groups is 1. The minimum absolute atomic E-state index is 0.134. The Morgan fingerprint density at radius 1 is 1.36 bits per heavy atom. The molecule has 11 heavy (non-hydrogen) atoms. The standard InChI is InChI=1S/C6H6O3S2/c7-11(8,9)6-3-1-2-5(10)4-6/h1-4,10H,(H,7,8,9). The van der Waals surface area contributed by atoms with Gasteiger partial charge >= 0.3 is 0 Å². The topological polar surface area (TPSA) is 54.4 Å². The third kappa shape index (κ3) is 2.21. The Labute approximate surface area is 70.2 Å². The highest BCUT2D eigenvalue weighted by Crippen LogP contribution is 2.12. The fourth-order valence-corrected chi connectivity index (χ4v) is 1.48. The van der Waals surface area contributed by atoms with Gasteiger partial charge in [-0.05, 0) is 18.2 Å². The first-order chi connectivity index (χ1) is 5.00. The van der Waals surface area contributed by atoms with Crippen molar-refractivity contribution in [3.8, 4) is 0 Å². The molecular weight excluding hydrogens is 184 g/mol. The second-order valence-electron chi connectivity index (χ2n) is 1.97. The quantitative estimate of drug-likeness (QED) is 0.517. The van der Waals surface area contributed by atoms with Gasteiger partial charge in [0.05, 0.1) is 4.90 Å². The minimum Gasteiger partial charge on any atom is -0.282 e. The highest BCUT2D eigenvalue weighted by Gasteiger charge is 2.07. The van der Waals surface area contributed by atoms with E-state index >= 15 is 0 Å². The van der Waals surface area contributed by atoms with Crippen LogP contribution in [0.5, 0.6) is 0 Å². The van der Waals surface area contributed by atoms with Crippen molar-refractivity contribution < 1.29 is 13.0 Å². The summed E-state index contributed by atoms with van der Waals surface area (Å²) in [6, 6.07) is 5.71. The van der Waals surface area contributed by atoms with Gasteiger partial charge in [-0.3, -0.25) is 4.55 Å². The van der Waals surface area contributed by atoms with Crippen molar-refractivity contribution in [2.24, 2.45) is 0 Å². The number of hydrogen-bond acceptors (Lipinski definition) is 3. The minimum atomic E-state index is -4.07. The lowest BCUT2D eigenvalue weighted by Gasteiger charge is -1.95. The molecule has 0 aliphatic carbocycles. The van der Waals surface area contributed by atoms with Crippen LogP contribution in [0.4, 0.5) is 0 Å². The molecule has 0 fully saturated rings. The Morgan fingerprint density at radius 2 is 2.00 bits per heavy atom. The summed E-state index contributed by atoms with van der Waals surface area (Å²) in [7, 11) is -4.07. The normalized spacial score (nSPS) is 11.5. The lowest BCUT2D eigenvalue weighted by molar-refractivity contribution is 0.483. The summed E-state index contributed by atoms with van der Waals surface area (Å²) < 4.78 is 29.6. The van der Waals surface area contributed by atoms with Crippen molar-refractivity contribution in [1.82, 2.24) is 0 Å². The van der Waals surface area contributed by atoms with Gasteiger partial charge in [-0.2, -0.15) is 8.42 Å². The third-order valence-corrected chi connectivity index (χ3v) is 2.24. The molecule has 1 aromatic rings. The largest absolute Gasteiger partial charge is 0.294 e. The summed E-state index contributed by atoms with van der Waals surface area (Å²) in [5, 5.41) is 0. The van der Waals surface area contributed by atoms with Crippen molar-refractivity contribution in [2.45, 2.75) is 9.79 Å². The molecule has 0 aliphatic rings. The van der Waals surface area contributed by atoms with Gasteiger partial charge in [0.15, 0.2) is 0 Å². The van der Waals surface area contributed by atoms with Crippen LogP contribution in [0.25, 0.3) is 0 Å². The molecule has 0 spiro atoms. The van der Waals surface area contributed by atoms with Crippen LogP contribution in [0.2, 0.25) is 0 Å². The SMILES string of the molecule is O=S(=O)(O)c1cccc(S)c1. The average Bonchev–Trinajstić information content (AvgIpc) is 1.86. The van der Waals surface area contributed by atoms with Crippen LogP contribution in [0, 0.1) is 0 Å². The zero-order valence-electron chi connectivity index (χ0n) is 5.43. The van der Waals surface area contributed by atoms with E-state index in [1.54, 1.807) is 6.07 Å². The van der Waals surface area contributed by atoms with Gasteiger partial charge in [-0.1, -0.05) is 6.07 Å². The van der Waals surface area contributed by atoms with Gasteiger partial charge < -0.3 is 0 Å². The van der Waals surface area contributed by atoms with Crippen molar-refractivity contribution in [1.29, 1.82) is 0 Å². The second kappa shape index (κ2) is 2.84.